The second-order valence-electron chi connectivity index (χ2n) is 5.70. The van der Waals surface area contributed by atoms with E-state index in [0.29, 0.717) is 11.4 Å². The zero-order valence-corrected chi connectivity index (χ0v) is 13.6. The van der Waals surface area contributed by atoms with Gasteiger partial charge in [0.05, 0.1) is 23.0 Å². The molecule has 23 heavy (non-hydrogen) atoms. The number of nitrogens with one attached hydrogen (secondary N) is 1. The zero-order valence-electron chi connectivity index (χ0n) is 13.6. The number of carbonyl (C=O) groups excluding carboxylic acids is 1. The summed E-state index contributed by atoms with van der Waals surface area (Å²) in [4.78, 5) is 16.9. The van der Waals surface area contributed by atoms with Gasteiger partial charge >= 0.3 is 0 Å². The van der Waals surface area contributed by atoms with Crippen LogP contribution in [0.5, 0.6) is 0 Å². The second kappa shape index (κ2) is 6.20. The molecule has 3 aromatic rings. The number of nitrogens with zero attached hydrogens (tertiary/aromatic N) is 3. The first-order valence-corrected chi connectivity index (χ1v) is 7.81. The number of fused-ring (bicyclic) bond motifs is 1. The van der Waals surface area contributed by atoms with Crippen molar-refractivity contribution >= 4 is 16.8 Å². The van der Waals surface area contributed by atoms with Gasteiger partial charge in [0.1, 0.15) is 0 Å². The Kier molecular flexibility index (Phi) is 4.10. The van der Waals surface area contributed by atoms with Crippen LogP contribution in [0.2, 0.25) is 0 Å². The molecule has 0 radical (unpaired) electrons. The minimum atomic E-state index is -0.0936. The van der Waals surface area contributed by atoms with E-state index >= 15 is 0 Å². The summed E-state index contributed by atoms with van der Waals surface area (Å²) in [6, 6.07) is 12.0. The first-order chi connectivity index (χ1) is 11.1. The normalized spacial score (nSPS) is 12.3. The average Bonchev–Trinajstić information content (AvgIpc) is 2.96. The Morgan fingerprint density at radius 2 is 2.04 bits per heavy atom. The lowest BCUT2D eigenvalue weighted by Gasteiger charge is -2.11. The van der Waals surface area contributed by atoms with E-state index in [9.17, 15) is 4.79 Å². The van der Waals surface area contributed by atoms with Crippen LogP contribution in [0.3, 0.4) is 0 Å². The van der Waals surface area contributed by atoms with Crippen molar-refractivity contribution in [3.8, 4) is 5.82 Å². The van der Waals surface area contributed by atoms with Gasteiger partial charge in [-0.15, -0.1) is 0 Å². The van der Waals surface area contributed by atoms with Gasteiger partial charge in [-0.1, -0.05) is 25.1 Å². The summed E-state index contributed by atoms with van der Waals surface area (Å²) >= 11 is 0. The van der Waals surface area contributed by atoms with Gasteiger partial charge in [0.25, 0.3) is 5.91 Å². The molecule has 1 aromatic carbocycles. The maximum atomic E-state index is 12.3. The van der Waals surface area contributed by atoms with Crippen LogP contribution in [0.15, 0.2) is 42.6 Å². The molecule has 0 aliphatic carbocycles. The molecule has 0 bridgehead atoms. The van der Waals surface area contributed by atoms with Crippen LogP contribution in [-0.4, -0.2) is 26.7 Å². The van der Waals surface area contributed by atoms with Crippen molar-refractivity contribution in [3.05, 3.63) is 53.9 Å². The van der Waals surface area contributed by atoms with Crippen LogP contribution in [0.1, 0.15) is 36.3 Å². The number of hydrogen-bond acceptors (Lipinski definition) is 3. The third kappa shape index (κ3) is 2.95. The van der Waals surface area contributed by atoms with E-state index in [1.165, 1.54) is 0 Å². The number of benzene rings is 1. The Bertz CT molecular complexity index is 853. The van der Waals surface area contributed by atoms with E-state index in [2.05, 4.69) is 15.4 Å². The summed E-state index contributed by atoms with van der Waals surface area (Å²) < 4.78 is 1.71. The van der Waals surface area contributed by atoms with Crippen LogP contribution in [0, 0.1) is 6.92 Å². The van der Waals surface area contributed by atoms with Crippen molar-refractivity contribution in [3.63, 3.8) is 0 Å². The SMILES string of the molecule is CCC(C)NC(=O)c1cnn(-c2ccc3ccccc3n2)c1C. The predicted octanol–water partition coefficient (Wildman–Crippen LogP) is 3.26. The molecule has 0 fully saturated rings. The molecule has 0 aliphatic rings. The molecule has 1 atom stereocenters. The Morgan fingerprint density at radius 3 is 2.83 bits per heavy atom. The molecule has 5 nitrogen and oxygen atoms in total. The van der Waals surface area contributed by atoms with Gasteiger partial charge in [0, 0.05) is 11.4 Å². The Morgan fingerprint density at radius 1 is 1.26 bits per heavy atom. The molecule has 5 heteroatoms. The highest BCUT2D eigenvalue weighted by molar-refractivity contribution is 5.95. The second-order valence-corrected chi connectivity index (χ2v) is 5.70. The van der Waals surface area contributed by atoms with E-state index in [4.69, 9.17) is 0 Å². The summed E-state index contributed by atoms with van der Waals surface area (Å²) in [5.74, 6) is 0.618. The van der Waals surface area contributed by atoms with Crippen molar-refractivity contribution in [1.82, 2.24) is 20.1 Å². The number of amides is 1. The Balaban J connectivity index is 1.95. The van der Waals surface area contributed by atoms with Crippen molar-refractivity contribution < 1.29 is 4.79 Å². The minimum Gasteiger partial charge on any atom is -0.349 e. The van der Waals surface area contributed by atoms with Gasteiger partial charge < -0.3 is 5.32 Å². The summed E-state index contributed by atoms with van der Waals surface area (Å²) in [6.07, 6.45) is 2.50. The van der Waals surface area contributed by atoms with Crippen molar-refractivity contribution in [2.45, 2.75) is 33.2 Å². The molecule has 118 valence electrons. The number of carbonyl (C=O) groups is 1. The largest absolute Gasteiger partial charge is 0.349 e. The number of aromatic nitrogens is 3. The highest BCUT2D eigenvalue weighted by Crippen LogP contribution is 2.17. The number of pyridine rings is 1. The zero-order chi connectivity index (χ0) is 16.4. The van der Waals surface area contributed by atoms with Crippen LogP contribution in [0.4, 0.5) is 0 Å². The Labute approximate surface area is 135 Å². The van der Waals surface area contributed by atoms with Gasteiger partial charge in [0.2, 0.25) is 0 Å². The molecule has 3 rings (SSSR count). The van der Waals surface area contributed by atoms with E-state index < -0.39 is 0 Å². The number of para-hydroxylation sites is 1. The molecule has 1 N–H and O–H groups in total. The maximum absolute atomic E-state index is 12.3. The van der Waals surface area contributed by atoms with Crippen LogP contribution in [-0.2, 0) is 0 Å². The van der Waals surface area contributed by atoms with Gasteiger partial charge in [-0.05, 0) is 38.5 Å². The van der Waals surface area contributed by atoms with E-state index in [0.717, 1.165) is 23.0 Å². The molecule has 2 aromatic heterocycles. The standard InChI is InChI=1S/C18H20N4O/c1-4-12(2)20-18(23)15-11-19-22(13(15)3)17-10-9-14-7-5-6-8-16(14)21-17/h5-12H,4H2,1-3H3,(H,20,23). The highest BCUT2D eigenvalue weighted by atomic mass is 16.1. The van der Waals surface area contributed by atoms with Crippen LogP contribution >= 0.6 is 0 Å². The fraction of sp³-hybridized carbons (Fsp3) is 0.278. The van der Waals surface area contributed by atoms with Gasteiger partial charge in [-0.3, -0.25) is 4.79 Å². The molecule has 0 spiro atoms. The molecule has 2 heterocycles. The fourth-order valence-corrected chi connectivity index (χ4v) is 2.44. The quantitative estimate of drug-likeness (QED) is 0.805. The molecule has 1 amide bonds. The third-order valence-electron chi connectivity index (χ3n) is 4.05. The predicted molar refractivity (Wildman–Crippen MR) is 90.8 cm³/mol. The summed E-state index contributed by atoms with van der Waals surface area (Å²) in [6.45, 7) is 5.91. The Hall–Kier alpha value is -2.69. The van der Waals surface area contributed by atoms with Crippen molar-refractivity contribution in [2.24, 2.45) is 0 Å². The van der Waals surface area contributed by atoms with Gasteiger partial charge in [0.15, 0.2) is 5.82 Å². The number of rotatable bonds is 4. The monoisotopic (exact) mass is 308 g/mol. The average molecular weight is 308 g/mol. The fourth-order valence-electron chi connectivity index (χ4n) is 2.44. The molecule has 0 saturated carbocycles. The summed E-state index contributed by atoms with van der Waals surface area (Å²) in [5, 5.41) is 8.39. The van der Waals surface area contributed by atoms with Gasteiger partial charge in [-0.25, -0.2) is 9.67 Å². The molecular weight excluding hydrogens is 288 g/mol. The number of hydrogen-bond donors (Lipinski definition) is 1. The van der Waals surface area contributed by atoms with Crippen LogP contribution in [0.25, 0.3) is 16.7 Å². The smallest absolute Gasteiger partial charge is 0.254 e. The third-order valence-corrected chi connectivity index (χ3v) is 4.05. The van der Waals surface area contributed by atoms with E-state index in [1.54, 1.807) is 10.9 Å². The first kappa shape index (κ1) is 15.2. The summed E-state index contributed by atoms with van der Waals surface area (Å²) in [5.41, 5.74) is 2.28. The summed E-state index contributed by atoms with van der Waals surface area (Å²) in [7, 11) is 0. The maximum Gasteiger partial charge on any atom is 0.254 e. The molecular formula is C18H20N4O. The lowest BCUT2D eigenvalue weighted by molar-refractivity contribution is 0.0938. The van der Waals surface area contributed by atoms with E-state index in [1.807, 2.05) is 57.2 Å². The van der Waals surface area contributed by atoms with E-state index in [-0.39, 0.29) is 11.9 Å². The highest BCUT2D eigenvalue weighted by Gasteiger charge is 2.17. The van der Waals surface area contributed by atoms with Gasteiger partial charge in [-0.2, -0.15) is 5.10 Å². The molecule has 0 saturated heterocycles. The van der Waals surface area contributed by atoms with Crippen LogP contribution < -0.4 is 5.32 Å². The molecule has 1 unspecified atom stereocenters. The minimum absolute atomic E-state index is 0.0936. The van der Waals surface area contributed by atoms with Crippen molar-refractivity contribution in [1.29, 1.82) is 0 Å². The topological polar surface area (TPSA) is 59.8 Å². The molecule has 0 aliphatic heterocycles. The lowest BCUT2D eigenvalue weighted by Crippen LogP contribution is -2.32. The lowest BCUT2D eigenvalue weighted by atomic mass is 10.2. The van der Waals surface area contributed by atoms with Crippen molar-refractivity contribution in [2.75, 3.05) is 0 Å². The first-order valence-electron chi connectivity index (χ1n) is 7.81.